The molecule has 0 saturated carbocycles. The lowest BCUT2D eigenvalue weighted by molar-refractivity contribution is 0.170. The molecule has 1 aliphatic rings. The normalized spacial score (nSPS) is 15.7. The van der Waals surface area contributed by atoms with Crippen molar-refractivity contribution in [1.29, 1.82) is 0 Å². The van der Waals surface area contributed by atoms with Crippen LogP contribution < -0.4 is 14.5 Å². The first kappa shape index (κ1) is 25.5. The van der Waals surface area contributed by atoms with Crippen LogP contribution >= 0.6 is 0 Å². The number of benzene rings is 5. The molecule has 1 heterocycles. The maximum Gasteiger partial charge on any atom is 0.172 e. The van der Waals surface area contributed by atoms with E-state index in [1.54, 1.807) is 0 Å². The van der Waals surface area contributed by atoms with Gasteiger partial charge in [-0.05, 0) is 76.0 Å². The maximum atomic E-state index is 7.03. The van der Waals surface area contributed by atoms with Gasteiger partial charge in [0.1, 0.15) is 5.75 Å². The third-order valence-corrected chi connectivity index (χ3v) is 7.68. The quantitative estimate of drug-likeness (QED) is 0.223. The second kappa shape index (κ2) is 10.4. The molecule has 3 nitrogen and oxygen atoms in total. The zero-order chi connectivity index (χ0) is 27.7. The number of rotatable bonds is 6. The van der Waals surface area contributed by atoms with Crippen molar-refractivity contribution in [3.63, 3.8) is 0 Å². The second-order valence-electron chi connectivity index (χ2n) is 10.7. The lowest BCUT2D eigenvalue weighted by Gasteiger charge is -2.34. The molecule has 5 aromatic rings. The molecule has 0 spiro atoms. The van der Waals surface area contributed by atoms with Gasteiger partial charge in [-0.3, -0.25) is 0 Å². The Morgan fingerprint density at radius 1 is 0.625 bits per heavy atom. The molecule has 5 aromatic carbocycles. The van der Waals surface area contributed by atoms with E-state index in [0.717, 1.165) is 33.6 Å². The molecule has 0 bridgehead atoms. The Balaban J connectivity index is 1.56. The van der Waals surface area contributed by atoms with E-state index in [-0.39, 0.29) is 0 Å². The molecule has 40 heavy (non-hydrogen) atoms. The fourth-order valence-electron chi connectivity index (χ4n) is 5.40. The Hall–Kier alpha value is -4.76. The Kier molecular flexibility index (Phi) is 6.65. The smallest absolute Gasteiger partial charge is 0.172 e. The summed E-state index contributed by atoms with van der Waals surface area (Å²) in [5, 5.41) is 2.40. The number of nitrogens with zero attached hydrogens (tertiary/aromatic N) is 2. The summed E-state index contributed by atoms with van der Waals surface area (Å²) in [6.45, 7) is 0. The van der Waals surface area contributed by atoms with Gasteiger partial charge in [0.05, 0.1) is 0 Å². The van der Waals surface area contributed by atoms with E-state index in [2.05, 4.69) is 171 Å². The Morgan fingerprint density at radius 3 is 1.80 bits per heavy atom. The summed E-state index contributed by atoms with van der Waals surface area (Å²) >= 11 is 0. The van der Waals surface area contributed by atoms with Crippen LogP contribution in [-0.2, 0) is 5.60 Å². The Morgan fingerprint density at radius 2 is 1.20 bits per heavy atom. The van der Waals surface area contributed by atoms with Crippen molar-refractivity contribution in [1.82, 2.24) is 0 Å². The van der Waals surface area contributed by atoms with E-state index >= 15 is 0 Å². The predicted molar refractivity (Wildman–Crippen MR) is 170 cm³/mol. The van der Waals surface area contributed by atoms with Crippen molar-refractivity contribution < 1.29 is 4.74 Å². The summed E-state index contributed by atoms with van der Waals surface area (Å²) in [5.74, 6) is 0.881. The standard InChI is InChI=1S/C37H34N2O/c1-38(2)31-19-14-28(15-20-31)35(29-16-21-32(22-17-29)39(3)4)26-37(30-11-6-5-7-12-30)25-24-34-33-13-9-8-10-27(33)18-23-36(34)40-37/h5-26H,1-4H3. The molecule has 0 saturated heterocycles. The van der Waals surface area contributed by atoms with Gasteiger partial charge in [0.2, 0.25) is 0 Å². The average Bonchev–Trinajstić information content (AvgIpc) is 3.00. The number of hydrogen-bond donors (Lipinski definition) is 0. The lowest BCUT2D eigenvalue weighted by Crippen LogP contribution is -2.31. The molecule has 0 radical (unpaired) electrons. The van der Waals surface area contributed by atoms with Gasteiger partial charge in [0.25, 0.3) is 0 Å². The van der Waals surface area contributed by atoms with Gasteiger partial charge >= 0.3 is 0 Å². The lowest BCUT2D eigenvalue weighted by atomic mass is 9.84. The number of hydrogen-bond acceptors (Lipinski definition) is 3. The van der Waals surface area contributed by atoms with Gasteiger partial charge < -0.3 is 14.5 Å². The van der Waals surface area contributed by atoms with Gasteiger partial charge in [-0.1, -0.05) is 84.9 Å². The maximum absolute atomic E-state index is 7.03. The fourth-order valence-corrected chi connectivity index (χ4v) is 5.40. The topological polar surface area (TPSA) is 15.7 Å². The summed E-state index contributed by atoms with van der Waals surface area (Å²) in [7, 11) is 8.27. The van der Waals surface area contributed by atoms with Crippen molar-refractivity contribution in [2.24, 2.45) is 0 Å². The highest BCUT2D eigenvalue weighted by Gasteiger charge is 2.34. The molecule has 1 unspecified atom stereocenters. The van der Waals surface area contributed by atoms with Crippen LogP contribution in [-0.4, -0.2) is 28.2 Å². The molecule has 1 aliphatic heterocycles. The first-order valence-electron chi connectivity index (χ1n) is 13.7. The fraction of sp³-hybridized carbons (Fsp3) is 0.135. The van der Waals surface area contributed by atoms with Gasteiger partial charge in [-0.2, -0.15) is 0 Å². The second-order valence-corrected chi connectivity index (χ2v) is 10.7. The summed E-state index contributed by atoms with van der Waals surface area (Å²) in [6, 6.07) is 40.7. The first-order chi connectivity index (χ1) is 19.4. The zero-order valence-corrected chi connectivity index (χ0v) is 23.5. The van der Waals surface area contributed by atoms with Crippen molar-refractivity contribution in [3.05, 3.63) is 150 Å². The summed E-state index contributed by atoms with van der Waals surface area (Å²) in [5.41, 5.74) is 7.14. The largest absolute Gasteiger partial charge is 0.474 e. The van der Waals surface area contributed by atoms with Crippen LogP contribution in [0.1, 0.15) is 22.3 Å². The SMILES string of the molecule is CN(C)c1ccc(C(=CC2(c3ccccc3)C=Cc3c(ccc4ccccc34)O2)c2ccc(N(C)C)cc2)cc1. The number of anilines is 2. The molecular weight excluding hydrogens is 488 g/mol. The van der Waals surface area contributed by atoms with E-state index < -0.39 is 5.60 Å². The van der Waals surface area contributed by atoms with Crippen LogP contribution in [0, 0.1) is 0 Å². The van der Waals surface area contributed by atoms with Crippen LogP contribution in [0.25, 0.3) is 22.4 Å². The minimum absolute atomic E-state index is 0.785. The first-order valence-corrected chi connectivity index (χ1v) is 13.7. The molecule has 0 aromatic heterocycles. The van der Waals surface area contributed by atoms with Gasteiger partial charge in [0.15, 0.2) is 5.60 Å². The molecule has 1 atom stereocenters. The van der Waals surface area contributed by atoms with Crippen molar-refractivity contribution in [2.45, 2.75) is 5.60 Å². The van der Waals surface area contributed by atoms with Crippen LogP contribution in [0.15, 0.2) is 127 Å². The van der Waals surface area contributed by atoms with Crippen molar-refractivity contribution in [3.8, 4) is 5.75 Å². The highest BCUT2D eigenvalue weighted by atomic mass is 16.5. The van der Waals surface area contributed by atoms with E-state index in [0.29, 0.717) is 0 Å². The highest BCUT2D eigenvalue weighted by molar-refractivity contribution is 5.94. The van der Waals surface area contributed by atoms with E-state index in [1.165, 1.54) is 22.1 Å². The molecule has 0 amide bonds. The van der Waals surface area contributed by atoms with Crippen molar-refractivity contribution in [2.75, 3.05) is 38.0 Å². The zero-order valence-electron chi connectivity index (χ0n) is 23.5. The summed E-state index contributed by atoms with van der Waals surface area (Å²) in [6.07, 6.45) is 6.72. The van der Waals surface area contributed by atoms with E-state index in [4.69, 9.17) is 4.74 Å². The predicted octanol–water partition coefficient (Wildman–Crippen LogP) is 8.40. The van der Waals surface area contributed by atoms with Gasteiger partial charge in [-0.25, -0.2) is 0 Å². The Bertz CT molecular complexity index is 1640. The van der Waals surface area contributed by atoms with Crippen LogP contribution in [0.5, 0.6) is 5.75 Å². The molecule has 0 aliphatic carbocycles. The Labute approximate surface area is 237 Å². The van der Waals surface area contributed by atoms with Crippen LogP contribution in [0.3, 0.4) is 0 Å². The molecule has 6 rings (SSSR count). The molecule has 0 fully saturated rings. The molecule has 3 heteroatoms. The molecule has 198 valence electrons. The number of fused-ring (bicyclic) bond motifs is 3. The van der Waals surface area contributed by atoms with Crippen LogP contribution in [0.2, 0.25) is 0 Å². The minimum atomic E-state index is -0.785. The average molecular weight is 523 g/mol. The van der Waals surface area contributed by atoms with E-state index in [9.17, 15) is 0 Å². The minimum Gasteiger partial charge on any atom is -0.474 e. The number of ether oxygens (including phenoxy) is 1. The van der Waals surface area contributed by atoms with Crippen LogP contribution in [0.4, 0.5) is 11.4 Å². The van der Waals surface area contributed by atoms with E-state index in [1.807, 2.05) is 0 Å². The monoisotopic (exact) mass is 522 g/mol. The molecular formula is C37H34N2O. The molecule has 0 N–H and O–H groups in total. The highest BCUT2D eigenvalue weighted by Crippen LogP contribution is 2.43. The summed E-state index contributed by atoms with van der Waals surface area (Å²) < 4.78 is 7.03. The van der Waals surface area contributed by atoms with Crippen molar-refractivity contribution >= 4 is 33.8 Å². The van der Waals surface area contributed by atoms with Gasteiger partial charge in [0, 0.05) is 50.7 Å². The third kappa shape index (κ3) is 4.76. The van der Waals surface area contributed by atoms with Gasteiger partial charge in [-0.15, -0.1) is 0 Å². The summed E-state index contributed by atoms with van der Waals surface area (Å²) in [4.78, 5) is 4.25. The third-order valence-electron chi connectivity index (χ3n) is 7.68.